The molecule has 1 saturated heterocycles. The number of benzene rings is 1. The van der Waals surface area contributed by atoms with Crippen molar-refractivity contribution in [3.63, 3.8) is 0 Å². The third-order valence-corrected chi connectivity index (χ3v) is 5.17. The second-order valence-corrected chi connectivity index (χ2v) is 6.45. The van der Waals surface area contributed by atoms with Crippen LogP contribution in [-0.2, 0) is 6.54 Å². The molecule has 2 atom stereocenters. The SMILES string of the molecule is COc1ccc(C(C)=O)cc1CN1CCCC2CCCC21. The Balaban J connectivity index is 1.82. The fraction of sp³-hybridized carbons (Fsp3) is 0.611. The standard InChI is InChI=1S/C18H25NO2/c1-13(20)15-8-9-18(21-2)16(11-15)12-19-10-4-6-14-5-3-7-17(14)19/h8-9,11,14,17H,3-7,10,12H2,1-2H3. The van der Waals surface area contributed by atoms with Gasteiger partial charge in [-0.1, -0.05) is 6.42 Å². The molecular formula is C18H25NO2. The molecule has 1 saturated carbocycles. The lowest BCUT2D eigenvalue weighted by atomic mass is 9.91. The van der Waals surface area contributed by atoms with Gasteiger partial charge in [0.1, 0.15) is 5.75 Å². The Labute approximate surface area is 127 Å². The number of ketones is 1. The van der Waals surface area contributed by atoms with E-state index in [1.165, 1.54) is 38.6 Å². The molecule has 0 N–H and O–H groups in total. The number of piperidine rings is 1. The van der Waals surface area contributed by atoms with Crippen LogP contribution in [0.15, 0.2) is 18.2 Å². The fourth-order valence-electron chi connectivity index (χ4n) is 4.09. The Kier molecular flexibility index (Phi) is 4.29. The molecule has 0 aromatic heterocycles. The second-order valence-electron chi connectivity index (χ2n) is 6.45. The van der Waals surface area contributed by atoms with Crippen LogP contribution in [0.25, 0.3) is 0 Å². The first-order valence-electron chi connectivity index (χ1n) is 8.11. The number of Topliss-reactive ketones (excluding diaryl/α,β-unsaturated/α-hetero) is 1. The number of rotatable bonds is 4. The third-order valence-electron chi connectivity index (χ3n) is 5.17. The van der Waals surface area contributed by atoms with Crippen LogP contribution in [0.3, 0.4) is 0 Å². The van der Waals surface area contributed by atoms with Crippen LogP contribution in [0.4, 0.5) is 0 Å². The summed E-state index contributed by atoms with van der Waals surface area (Å²) in [7, 11) is 1.71. The normalized spacial score (nSPS) is 25.6. The molecule has 2 fully saturated rings. The van der Waals surface area contributed by atoms with Gasteiger partial charge in [-0.3, -0.25) is 9.69 Å². The predicted octanol–water partition coefficient (Wildman–Crippen LogP) is 3.66. The molecule has 2 unspecified atom stereocenters. The topological polar surface area (TPSA) is 29.5 Å². The summed E-state index contributed by atoms with van der Waals surface area (Å²) in [6, 6.07) is 6.55. The predicted molar refractivity (Wildman–Crippen MR) is 83.8 cm³/mol. The smallest absolute Gasteiger partial charge is 0.159 e. The Morgan fingerprint density at radius 1 is 1.29 bits per heavy atom. The molecule has 1 aromatic rings. The van der Waals surface area contributed by atoms with Gasteiger partial charge in [0.25, 0.3) is 0 Å². The van der Waals surface area contributed by atoms with Gasteiger partial charge in [-0.2, -0.15) is 0 Å². The van der Waals surface area contributed by atoms with Gasteiger partial charge < -0.3 is 4.74 Å². The lowest BCUT2D eigenvalue weighted by Gasteiger charge is -2.38. The molecule has 1 aliphatic heterocycles. The van der Waals surface area contributed by atoms with E-state index >= 15 is 0 Å². The summed E-state index contributed by atoms with van der Waals surface area (Å²) in [4.78, 5) is 14.2. The number of hydrogen-bond donors (Lipinski definition) is 0. The molecule has 3 nitrogen and oxygen atoms in total. The molecule has 21 heavy (non-hydrogen) atoms. The Bertz CT molecular complexity index is 526. The molecule has 0 bridgehead atoms. The summed E-state index contributed by atoms with van der Waals surface area (Å²) in [6.45, 7) is 3.71. The summed E-state index contributed by atoms with van der Waals surface area (Å²) in [5.41, 5.74) is 1.93. The van der Waals surface area contributed by atoms with Gasteiger partial charge in [0.05, 0.1) is 7.11 Å². The first-order chi connectivity index (χ1) is 10.2. The highest BCUT2D eigenvalue weighted by atomic mass is 16.5. The van der Waals surface area contributed by atoms with E-state index in [-0.39, 0.29) is 5.78 Å². The van der Waals surface area contributed by atoms with Gasteiger partial charge >= 0.3 is 0 Å². The first-order valence-corrected chi connectivity index (χ1v) is 8.11. The van der Waals surface area contributed by atoms with E-state index in [2.05, 4.69) is 4.90 Å². The van der Waals surface area contributed by atoms with Crippen molar-refractivity contribution in [1.29, 1.82) is 0 Å². The number of nitrogens with zero attached hydrogens (tertiary/aromatic N) is 1. The number of likely N-dealkylation sites (tertiary alicyclic amines) is 1. The quantitative estimate of drug-likeness (QED) is 0.791. The van der Waals surface area contributed by atoms with Crippen LogP contribution in [0.1, 0.15) is 54.9 Å². The highest BCUT2D eigenvalue weighted by Crippen LogP contribution is 2.38. The maximum Gasteiger partial charge on any atom is 0.159 e. The lowest BCUT2D eigenvalue weighted by Crippen LogP contribution is -2.41. The number of methoxy groups -OCH3 is 1. The minimum atomic E-state index is 0.122. The van der Waals surface area contributed by atoms with Crippen LogP contribution in [0, 0.1) is 5.92 Å². The van der Waals surface area contributed by atoms with Crippen LogP contribution in [0.5, 0.6) is 5.75 Å². The number of carbonyl (C=O) groups excluding carboxylic acids is 1. The highest BCUT2D eigenvalue weighted by molar-refractivity contribution is 5.94. The zero-order chi connectivity index (χ0) is 14.8. The summed E-state index contributed by atoms with van der Waals surface area (Å²) < 4.78 is 5.49. The van der Waals surface area contributed by atoms with Crippen LogP contribution in [0.2, 0.25) is 0 Å². The van der Waals surface area contributed by atoms with E-state index in [0.29, 0.717) is 0 Å². The number of fused-ring (bicyclic) bond motifs is 1. The molecule has 0 amide bonds. The molecule has 3 rings (SSSR count). The van der Waals surface area contributed by atoms with Crippen LogP contribution >= 0.6 is 0 Å². The second kappa shape index (κ2) is 6.18. The van der Waals surface area contributed by atoms with Gasteiger partial charge in [-0.15, -0.1) is 0 Å². The van der Waals surface area contributed by atoms with Gasteiger partial charge in [-0.25, -0.2) is 0 Å². The van der Waals surface area contributed by atoms with Crippen molar-refractivity contribution in [2.24, 2.45) is 5.92 Å². The maximum absolute atomic E-state index is 11.6. The summed E-state index contributed by atoms with van der Waals surface area (Å²) in [6.07, 6.45) is 6.79. The Morgan fingerprint density at radius 2 is 2.10 bits per heavy atom. The molecule has 1 heterocycles. The van der Waals surface area contributed by atoms with Crippen molar-refractivity contribution in [2.75, 3.05) is 13.7 Å². The van der Waals surface area contributed by atoms with Crippen molar-refractivity contribution < 1.29 is 9.53 Å². The van der Waals surface area contributed by atoms with E-state index in [9.17, 15) is 4.79 Å². The minimum absolute atomic E-state index is 0.122. The zero-order valence-electron chi connectivity index (χ0n) is 13.1. The van der Waals surface area contributed by atoms with Crippen molar-refractivity contribution in [1.82, 2.24) is 4.90 Å². The average Bonchev–Trinajstić information content (AvgIpc) is 2.96. The van der Waals surface area contributed by atoms with E-state index in [0.717, 1.165) is 35.4 Å². The largest absolute Gasteiger partial charge is 0.496 e. The van der Waals surface area contributed by atoms with E-state index in [1.807, 2.05) is 18.2 Å². The lowest BCUT2D eigenvalue weighted by molar-refractivity contribution is 0.101. The molecule has 0 spiro atoms. The molecule has 114 valence electrons. The van der Waals surface area contributed by atoms with Gasteiger partial charge in [-0.05, 0) is 63.3 Å². The van der Waals surface area contributed by atoms with Crippen molar-refractivity contribution in [3.05, 3.63) is 29.3 Å². The molecular weight excluding hydrogens is 262 g/mol. The monoisotopic (exact) mass is 287 g/mol. The minimum Gasteiger partial charge on any atom is -0.496 e. The maximum atomic E-state index is 11.6. The summed E-state index contributed by atoms with van der Waals surface area (Å²) in [5, 5.41) is 0. The molecule has 1 aliphatic carbocycles. The van der Waals surface area contributed by atoms with E-state index < -0.39 is 0 Å². The third kappa shape index (κ3) is 2.98. The van der Waals surface area contributed by atoms with Gasteiger partial charge in [0.15, 0.2) is 5.78 Å². The first kappa shape index (κ1) is 14.6. The Morgan fingerprint density at radius 3 is 2.86 bits per heavy atom. The average molecular weight is 287 g/mol. The van der Waals surface area contributed by atoms with Crippen molar-refractivity contribution in [3.8, 4) is 5.75 Å². The summed E-state index contributed by atoms with van der Waals surface area (Å²) >= 11 is 0. The molecule has 2 aliphatic rings. The van der Waals surface area contributed by atoms with Gasteiger partial charge in [0, 0.05) is 23.7 Å². The number of ether oxygens (including phenoxy) is 1. The molecule has 0 radical (unpaired) electrons. The fourth-order valence-corrected chi connectivity index (χ4v) is 4.09. The van der Waals surface area contributed by atoms with Crippen LogP contribution in [-0.4, -0.2) is 30.4 Å². The molecule has 3 heteroatoms. The zero-order valence-corrected chi connectivity index (χ0v) is 13.1. The van der Waals surface area contributed by atoms with E-state index in [1.54, 1.807) is 14.0 Å². The van der Waals surface area contributed by atoms with Crippen LogP contribution < -0.4 is 4.74 Å². The van der Waals surface area contributed by atoms with Gasteiger partial charge in [0.2, 0.25) is 0 Å². The van der Waals surface area contributed by atoms with Crippen molar-refractivity contribution >= 4 is 5.78 Å². The number of carbonyl (C=O) groups is 1. The van der Waals surface area contributed by atoms with E-state index in [4.69, 9.17) is 4.74 Å². The Hall–Kier alpha value is -1.35. The molecule has 1 aromatic carbocycles. The highest BCUT2D eigenvalue weighted by Gasteiger charge is 2.35. The van der Waals surface area contributed by atoms with Crippen molar-refractivity contribution in [2.45, 2.75) is 51.6 Å². The number of hydrogen-bond acceptors (Lipinski definition) is 3. The summed E-state index contributed by atoms with van der Waals surface area (Å²) in [5.74, 6) is 1.91.